The van der Waals surface area contributed by atoms with Crippen molar-refractivity contribution in [3.05, 3.63) is 65.0 Å². The third kappa shape index (κ3) is 3.86. The van der Waals surface area contributed by atoms with Gasteiger partial charge in [-0.3, -0.25) is 9.78 Å². The number of carbonyl (C=O) groups is 1. The standard InChI is InChI=1S/C20H23N3O.ClH/c24-20(12-15-6-7-16-3-1-4-17(16)11-15)23-10-9-22-14-19(23)18-5-2-8-21-13-18;/h2,5-8,11,13,19,22H,1,3-4,9-10,12,14H2;1H. The molecule has 1 atom stereocenters. The second kappa shape index (κ2) is 7.98. The summed E-state index contributed by atoms with van der Waals surface area (Å²) in [6.07, 6.45) is 7.72. The number of nitrogens with zero attached hydrogens (tertiary/aromatic N) is 2. The van der Waals surface area contributed by atoms with Crippen molar-refractivity contribution in [2.75, 3.05) is 19.6 Å². The summed E-state index contributed by atoms with van der Waals surface area (Å²) in [5.41, 5.74) is 5.14. The summed E-state index contributed by atoms with van der Waals surface area (Å²) in [5, 5.41) is 3.39. The Bertz CT molecular complexity index is 735. The summed E-state index contributed by atoms with van der Waals surface area (Å²) in [4.78, 5) is 19.2. The summed E-state index contributed by atoms with van der Waals surface area (Å²) in [7, 11) is 0. The molecule has 1 unspecified atom stereocenters. The number of hydrogen-bond donors (Lipinski definition) is 1. The maximum absolute atomic E-state index is 12.9. The highest BCUT2D eigenvalue weighted by Crippen LogP contribution is 2.25. The Morgan fingerprint density at radius 2 is 2.12 bits per heavy atom. The second-order valence-electron chi connectivity index (χ2n) is 6.73. The van der Waals surface area contributed by atoms with Crippen molar-refractivity contribution in [1.82, 2.24) is 15.2 Å². The first-order chi connectivity index (χ1) is 11.8. The first kappa shape index (κ1) is 17.9. The largest absolute Gasteiger partial charge is 0.333 e. The summed E-state index contributed by atoms with van der Waals surface area (Å²) in [6.45, 7) is 2.40. The monoisotopic (exact) mass is 357 g/mol. The lowest BCUT2D eigenvalue weighted by Crippen LogP contribution is -2.49. The van der Waals surface area contributed by atoms with Crippen molar-refractivity contribution in [2.45, 2.75) is 31.7 Å². The molecule has 0 spiro atoms. The Morgan fingerprint density at radius 3 is 2.96 bits per heavy atom. The van der Waals surface area contributed by atoms with Gasteiger partial charge in [-0.2, -0.15) is 0 Å². The van der Waals surface area contributed by atoms with E-state index in [0.717, 1.165) is 37.2 Å². The van der Waals surface area contributed by atoms with E-state index in [2.05, 4.69) is 34.6 Å². The highest BCUT2D eigenvalue weighted by atomic mass is 35.5. The van der Waals surface area contributed by atoms with Crippen LogP contribution in [0.5, 0.6) is 0 Å². The second-order valence-corrected chi connectivity index (χ2v) is 6.73. The highest BCUT2D eigenvalue weighted by molar-refractivity contribution is 5.85. The van der Waals surface area contributed by atoms with Crippen LogP contribution in [-0.2, 0) is 24.1 Å². The van der Waals surface area contributed by atoms with Gasteiger partial charge in [0.1, 0.15) is 0 Å². The Labute approximate surface area is 155 Å². The molecule has 1 aliphatic heterocycles. The van der Waals surface area contributed by atoms with Crippen LogP contribution in [0.3, 0.4) is 0 Å². The van der Waals surface area contributed by atoms with Crippen LogP contribution in [0.2, 0.25) is 0 Å². The maximum Gasteiger partial charge on any atom is 0.227 e. The molecule has 1 amide bonds. The minimum atomic E-state index is 0. The van der Waals surface area contributed by atoms with Crippen molar-refractivity contribution in [1.29, 1.82) is 0 Å². The number of fused-ring (bicyclic) bond motifs is 1. The van der Waals surface area contributed by atoms with E-state index in [1.165, 1.54) is 24.0 Å². The van der Waals surface area contributed by atoms with Gasteiger partial charge < -0.3 is 10.2 Å². The fourth-order valence-corrected chi connectivity index (χ4v) is 3.89. The molecule has 0 bridgehead atoms. The molecule has 0 radical (unpaired) electrons. The van der Waals surface area contributed by atoms with Gasteiger partial charge in [0.25, 0.3) is 0 Å². The minimum Gasteiger partial charge on any atom is -0.333 e. The van der Waals surface area contributed by atoms with Crippen LogP contribution in [0.4, 0.5) is 0 Å². The number of aromatic nitrogens is 1. The Kier molecular flexibility index (Phi) is 5.71. The maximum atomic E-state index is 12.9. The lowest BCUT2D eigenvalue weighted by molar-refractivity contribution is -0.133. The van der Waals surface area contributed by atoms with E-state index in [-0.39, 0.29) is 24.4 Å². The molecule has 4 rings (SSSR count). The molecule has 2 aromatic rings. The summed E-state index contributed by atoms with van der Waals surface area (Å²) >= 11 is 0. The van der Waals surface area contributed by atoms with Gasteiger partial charge in [0.15, 0.2) is 0 Å². The topological polar surface area (TPSA) is 45.2 Å². The molecule has 132 valence electrons. The molecular weight excluding hydrogens is 334 g/mol. The first-order valence-corrected chi connectivity index (χ1v) is 8.82. The molecule has 1 N–H and O–H groups in total. The Hall–Kier alpha value is -1.91. The number of pyridine rings is 1. The molecule has 1 aromatic carbocycles. The molecule has 25 heavy (non-hydrogen) atoms. The van der Waals surface area contributed by atoms with Gasteiger partial charge in [-0.05, 0) is 47.6 Å². The van der Waals surface area contributed by atoms with Crippen molar-refractivity contribution < 1.29 is 4.79 Å². The fourth-order valence-electron chi connectivity index (χ4n) is 3.89. The smallest absolute Gasteiger partial charge is 0.227 e. The number of rotatable bonds is 3. The van der Waals surface area contributed by atoms with Gasteiger partial charge in [0.05, 0.1) is 12.5 Å². The number of hydrogen-bond acceptors (Lipinski definition) is 3. The number of benzene rings is 1. The number of aryl methyl sites for hydroxylation is 2. The zero-order chi connectivity index (χ0) is 16.4. The van der Waals surface area contributed by atoms with Gasteiger partial charge in [0, 0.05) is 32.0 Å². The van der Waals surface area contributed by atoms with E-state index in [1.807, 2.05) is 17.2 Å². The molecule has 2 heterocycles. The van der Waals surface area contributed by atoms with Crippen molar-refractivity contribution in [3.8, 4) is 0 Å². The quantitative estimate of drug-likeness (QED) is 0.918. The van der Waals surface area contributed by atoms with Crippen LogP contribution in [0.15, 0.2) is 42.7 Å². The molecule has 1 aromatic heterocycles. The predicted octanol–water partition coefficient (Wildman–Crippen LogP) is 2.71. The van der Waals surface area contributed by atoms with Crippen molar-refractivity contribution in [3.63, 3.8) is 0 Å². The third-order valence-corrected chi connectivity index (χ3v) is 5.15. The number of carbonyl (C=O) groups excluding carboxylic acids is 1. The molecule has 1 fully saturated rings. The molecule has 1 saturated heterocycles. The summed E-state index contributed by atoms with van der Waals surface area (Å²) in [6, 6.07) is 10.6. The molecule has 1 aliphatic carbocycles. The van der Waals surface area contributed by atoms with Crippen LogP contribution in [0.1, 0.15) is 34.7 Å². The SMILES string of the molecule is Cl.O=C(Cc1ccc2c(c1)CCC2)N1CCNCC1c1cccnc1. The molecule has 5 heteroatoms. The first-order valence-electron chi connectivity index (χ1n) is 8.82. The number of amides is 1. The number of halogens is 1. The van der Waals surface area contributed by atoms with Gasteiger partial charge in [-0.1, -0.05) is 24.3 Å². The van der Waals surface area contributed by atoms with E-state index < -0.39 is 0 Å². The fraction of sp³-hybridized carbons (Fsp3) is 0.400. The zero-order valence-electron chi connectivity index (χ0n) is 14.3. The summed E-state index contributed by atoms with van der Waals surface area (Å²) in [5.74, 6) is 0.211. The lowest BCUT2D eigenvalue weighted by Gasteiger charge is -2.36. The Balaban J connectivity index is 0.00000182. The zero-order valence-corrected chi connectivity index (χ0v) is 15.1. The van der Waals surface area contributed by atoms with Crippen LogP contribution < -0.4 is 5.32 Å². The van der Waals surface area contributed by atoms with E-state index in [4.69, 9.17) is 0 Å². The number of nitrogens with one attached hydrogen (secondary N) is 1. The molecular formula is C20H24ClN3O. The average Bonchev–Trinajstić information content (AvgIpc) is 3.10. The van der Waals surface area contributed by atoms with Crippen LogP contribution in [0.25, 0.3) is 0 Å². The van der Waals surface area contributed by atoms with Crippen molar-refractivity contribution >= 4 is 18.3 Å². The lowest BCUT2D eigenvalue weighted by atomic mass is 10.0. The predicted molar refractivity (Wildman–Crippen MR) is 101 cm³/mol. The normalized spacial score (nSPS) is 19.2. The van der Waals surface area contributed by atoms with Crippen LogP contribution in [0, 0.1) is 0 Å². The van der Waals surface area contributed by atoms with Crippen LogP contribution in [-0.4, -0.2) is 35.4 Å². The van der Waals surface area contributed by atoms with E-state index in [9.17, 15) is 4.79 Å². The third-order valence-electron chi connectivity index (χ3n) is 5.15. The van der Waals surface area contributed by atoms with Gasteiger partial charge in [-0.15, -0.1) is 12.4 Å². The highest BCUT2D eigenvalue weighted by Gasteiger charge is 2.28. The Morgan fingerprint density at radius 1 is 1.24 bits per heavy atom. The molecule has 2 aliphatic rings. The average molecular weight is 358 g/mol. The number of piperazine rings is 1. The van der Waals surface area contributed by atoms with Crippen molar-refractivity contribution in [2.24, 2.45) is 0 Å². The summed E-state index contributed by atoms with van der Waals surface area (Å²) < 4.78 is 0. The van der Waals surface area contributed by atoms with Gasteiger partial charge in [0.2, 0.25) is 5.91 Å². The molecule has 0 saturated carbocycles. The van der Waals surface area contributed by atoms with E-state index in [0.29, 0.717) is 6.42 Å². The van der Waals surface area contributed by atoms with E-state index >= 15 is 0 Å². The van der Waals surface area contributed by atoms with Gasteiger partial charge in [-0.25, -0.2) is 0 Å². The molecule has 4 nitrogen and oxygen atoms in total. The van der Waals surface area contributed by atoms with Crippen LogP contribution >= 0.6 is 12.4 Å². The van der Waals surface area contributed by atoms with E-state index in [1.54, 1.807) is 6.20 Å². The minimum absolute atomic E-state index is 0. The van der Waals surface area contributed by atoms with Gasteiger partial charge >= 0.3 is 0 Å².